The van der Waals surface area contributed by atoms with Crippen LogP contribution in [0, 0.1) is 17.1 Å². The van der Waals surface area contributed by atoms with Gasteiger partial charge in [0.25, 0.3) is 0 Å². The zero-order chi connectivity index (χ0) is 23.7. The summed E-state index contributed by atoms with van der Waals surface area (Å²) in [6.07, 6.45) is 3.34. The average molecular weight is 474 g/mol. The Morgan fingerprint density at radius 3 is 2.62 bits per heavy atom. The predicted molar refractivity (Wildman–Crippen MR) is 123 cm³/mol. The van der Waals surface area contributed by atoms with E-state index < -0.39 is 11.7 Å². The molecule has 1 unspecified atom stereocenters. The number of fused-ring (bicyclic) bond motifs is 1. The van der Waals surface area contributed by atoms with Crippen molar-refractivity contribution < 1.29 is 13.9 Å². The van der Waals surface area contributed by atoms with Crippen LogP contribution in [0.3, 0.4) is 0 Å². The average Bonchev–Trinajstić information content (AvgIpc) is 3.27. The van der Waals surface area contributed by atoms with E-state index in [1.54, 1.807) is 36.7 Å². The van der Waals surface area contributed by atoms with Crippen LogP contribution in [-0.4, -0.2) is 15.2 Å². The van der Waals surface area contributed by atoms with E-state index in [1.807, 2.05) is 24.3 Å². The minimum Gasteiger partial charge on any atom is -0.489 e. The van der Waals surface area contributed by atoms with E-state index in [0.717, 1.165) is 11.1 Å². The van der Waals surface area contributed by atoms with Gasteiger partial charge in [-0.1, -0.05) is 29.8 Å². The number of allylic oxidation sites excluding steroid dienone is 1. The molecule has 7 nitrogen and oxygen atoms in total. The Balaban J connectivity index is 1.49. The Labute approximate surface area is 199 Å². The zero-order valence-electron chi connectivity index (χ0n) is 17.6. The number of ether oxygens (including phenoxy) is 2. The lowest BCUT2D eigenvalue weighted by atomic mass is 9.83. The van der Waals surface area contributed by atoms with Gasteiger partial charge in [0.2, 0.25) is 11.8 Å². The molecule has 168 valence electrons. The van der Waals surface area contributed by atoms with Crippen molar-refractivity contribution in [3.63, 3.8) is 0 Å². The maximum absolute atomic E-state index is 14.0. The number of aromatic amines is 1. The van der Waals surface area contributed by atoms with Crippen LogP contribution in [-0.2, 0) is 6.61 Å². The quantitative estimate of drug-likeness (QED) is 0.419. The van der Waals surface area contributed by atoms with Crippen LogP contribution in [0.4, 0.5) is 4.39 Å². The second kappa shape index (κ2) is 8.89. The van der Waals surface area contributed by atoms with E-state index in [1.165, 1.54) is 6.07 Å². The van der Waals surface area contributed by atoms with Crippen molar-refractivity contribution in [2.45, 2.75) is 12.5 Å². The molecule has 0 fully saturated rings. The van der Waals surface area contributed by atoms with Crippen molar-refractivity contribution in [2.24, 2.45) is 5.73 Å². The summed E-state index contributed by atoms with van der Waals surface area (Å²) in [6, 6.07) is 17.5. The number of H-pyrrole nitrogens is 1. The van der Waals surface area contributed by atoms with Gasteiger partial charge >= 0.3 is 0 Å². The highest BCUT2D eigenvalue weighted by Crippen LogP contribution is 2.45. The lowest BCUT2D eigenvalue weighted by Crippen LogP contribution is -2.21. The summed E-state index contributed by atoms with van der Waals surface area (Å²) >= 11 is 6.08. The number of halogens is 2. The molecule has 1 aliphatic rings. The molecule has 1 atom stereocenters. The normalized spacial score (nSPS) is 14.8. The summed E-state index contributed by atoms with van der Waals surface area (Å²) in [4.78, 5) is 4.05. The Hall–Kier alpha value is -4.35. The molecule has 1 aliphatic heterocycles. The fraction of sp³-hybridized carbons (Fsp3) is 0.0800. The Morgan fingerprint density at radius 1 is 1.15 bits per heavy atom. The molecule has 3 N–H and O–H groups in total. The number of hydrogen-bond donors (Lipinski definition) is 2. The molecule has 4 aromatic rings. The summed E-state index contributed by atoms with van der Waals surface area (Å²) < 4.78 is 25.4. The number of nitrogens with one attached hydrogen (secondary N) is 1. The summed E-state index contributed by atoms with van der Waals surface area (Å²) in [6.45, 7) is -0.0174. The van der Waals surface area contributed by atoms with Gasteiger partial charge in [0, 0.05) is 23.5 Å². The first-order valence-corrected chi connectivity index (χ1v) is 10.7. The smallest absolute Gasteiger partial charge is 0.244 e. The Morgan fingerprint density at radius 2 is 1.91 bits per heavy atom. The second-order valence-electron chi connectivity index (χ2n) is 7.54. The van der Waals surface area contributed by atoms with Gasteiger partial charge in [0.1, 0.15) is 29.8 Å². The highest BCUT2D eigenvalue weighted by atomic mass is 35.5. The third-order valence-corrected chi connectivity index (χ3v) is 5.92. The molecule has 3 heterocycles. The highest BCUT2D eigenvalue weighted by Gasteiger charge is 2.35. The molecule has 0 bridgehead atoms. The maximum Gasteiger partial charge on any atom is 0.244 e. The summed E-state index contributed by atoms with van der Waals surface area (Å²) in [7, 11) is 0. The molecule has 2 aromatic heterocycles. The van der Waals surface area contributed by atoms with E-state index in [2.05, 4.69) is 21.3 Å². The highest BCUT2D eigenvalue weighted by molar-refractivity contribution is 6.31. The van der Waals surface area contributed by atoms with Gasteiger partial charge in [0.15, 0.2) is 0 Å². The monoisotopic (exact) mass is 473 g/mol. The number of aromatic nitrogens is 3. The fourth-order valence-electron chi connectivity index (χ4n) is 3.90. The summed E-state index contributed by atoms with van der Waals surface area (Å²) in [5.41, 5.74) is 9.64. The molecular formula is C25H17ClFN5O2. The molecule has 0 amide bonds. The minimum absolute atomic E-state index is 0.00213. The number of nitrogens with two attached hydrogens (primary N) is 1. The number of pyridine rings is 1. The van der Waals surface area contributed by atoms with E-state index >= 15 is 0 Å². The Kier molecular flexibility index (Phi) is 5.62. The number of nitriles is 1. The first-order valence-electron chi connectivity index (χ1n) is 10.3. The summed E-state index contributed by atoms with van der Waals surface area (Å²) in [5, 5.41) is 17.4. The molecule has 0 spiro atoms. The van der Waals surface area contributed by atoms with E-state index in [0.29, 0.717) is 27.9 Å². The van der Waals surface area contributed by atoms with Gasteiger partial charge < -0.3 is 15.2 Å². The van der Waals surface area contributed by atoms with Crippen LogP contribution in [0.15, 0.2) is 78.4 Å². The molecule has 0 saturated carbocycles. The maximum atomic E-state index is 14.0. The number of nitrogens with zero attached hydrogens (tertiary/aromatic N) is 3. The minimum atomic E-state index is -0.509. The molecule has 34 heavy (non-hydrogen) atoms. The number of hydrogen-bond acceptors (Lipinski definition) is 6. The van der Waals surface area contributed by atoms with E-state index in [-0.39, 0.29) is 23.6 Å². The van der Waals surface area contributed by atoms with Crippen molar-refractivity contribution in [3.05, 3.63) is 106 Å². The lowest BCUT2D eigenvalue weighted by Gasteiger charge is -2.24. The van der Waals surface area contributed by atoms with Crippen molar-refractivity contribution in [2.75, 3.05) is 0 Å². The van der Waals surface area contributed by atoms with Gasteiger partial charge in [-0.05, 0) is 42.0 Å². The van der Waals surface area contributed by atoms with Crippen LogP contribution in [0.2, 0.25) is 5.02 Å². The van der Waals surface area contributed by atoms with Gasteiger partial charge in [0.05, 0.1) is 22.2 Å². The van der Waals surface area contributed by atoms with Gasteiger partial charge in [-0.25, -0.2) is 4.39 Å². The third-order valence-electron chi connectivity index (χ3n) is 5.57. The Bertz CT molecular complexity index is 1410. The first-order chi connectivity index (χ1) is 16.6. The van der Waals surface area contributed by atoms with Gasteiger partial charge in [-0.3, -0.25) is 10.1 Å². The molecule has 2 aromatic carbocycles. The van der Waals surface area contributed by atoms with Crippen LogP contribution in [0.5, 0.6) is 11.6 Å². The van der Waals surface area contributed by atoms with Crippen molar-refractivity contribution in [1.82, 2.24) is 15.2 Å². The molecule has 5 rings (SSSR count). The van der Waals surface area contributed by atoms with Crippen molar-refractivity contribution in [1.29, 1.82) is 5.26 Å². The molecule has 9 heteroatoms. The molecule has 0 aliphatic carbocycles. The lowest BCUT2D eigenvalue weighted by molar-refractivity contribution is 0.300. The summed E-state index contributed by atoms with van der Waals surface area (Å²) in [5.74, 6) is -0.107. The topological polar surface area (TPSA) is 110 Å². The van der Waals surface area contributed by atoms with Crippen LogP contribution in [0.25, 0.3) is 11.3 Å². The number of benzene rings is 2. The SMILES string of the molecule is N#CC1=C(N)Oc2n[nH]c(-c3ccncc3)c2C1c1ccc(OCc2c(F)cccc2Cl)cc1. The van der Waals surface area contributed by atoms with Gasteiger partial charge in [-0.15, -0.1) is 5.10 Å². The first kappa shape index (κ1) is 21.5. The third kappa shape index (κ3) is 3.83. The molecular weight excluding hydrogens is 457 g/mol. The zero-order valence-corrected chi connectivity index (χ0v) is 18.4. The van der Waals surface area contributed by atoms with Crippen molar-refractivity contribution >= 4 is 11.6 Å². The fourth-order valence-corrected chi connectivity index (χ4v) is 4.12. The van der Waals surface area contributed by atoms with E-state index in [4.69, 9.17) is 26.8 Å². The van der Waals surface area contributed by atoms with Gasteiger partial charge in [-0.2, -0.15) is 5.26 Å². The standard InChI is InChI=1S/C25H17ClFN5O2/c26-19-2-1-3-20(27)18(19)13-33-16-6-4-14(5-7-16)21-17(12-28)24(29)34-25-22(21)23(31-32-25)15-8-10-30-11-9-15/h1-11,21H,13,29H2,(H,31,32). The number of rotatable bonds is 5. The molecule has 0 saturated heterocycles. The van der Waals surface area contributed by atoms with E-state index in [9.17, 15) is 9.65 Å². The molecule has 0 radical (unpaired) electrons. The second-order valence-corrected chi connectivity index (χ2v) is 7.94. The van der Waals surface area contributed by atoms with Crippen LogP contribution in [0.1, 0.15) is 22.6 Å². The van der Waals surface area contributed by atoms with Crippen LogP contribution >= 0.6 is 11.6 Å². The predicted octanol–water partition coefficient (Wildman–Crippen LogP) is 5.06. The van der Waals surface area contributed by atoms with Crippen molar-refractivity contribution in [3.8, 4) is 29.0 Å². The van der Waals surface area contributed by atoms with Crippen LogP contribution < -0.4 is 15.2 Å². The largest absolute Gasteiger partial charge is 0.489 e.